The van der Waals surface area contributed by atoms with Crippen LogP contribution in [0.25, 0.3) is 0 Å². The van der Waals surface area contributed by atoms with Gasteiger partial charge >= 0.3 is 0 Å². The molecule has 0 saturated carbocycles. The first-order valence-electron chi connectivity index (χ1n) is 6.68. The molecule has 2 rings (SSSR count). The number of rotatable bonds is 3. The summed E-state index contributed by atoms with van der Waals surface area (Å²) in [4.78, 5) is 2.29. The predicted molar refractivity (Wildman–Crippen MR) is 71.5 cm³/mol. The molecule has 18 heavy (non-hydrogen) atoms. The first kappa shape index (κ1) is 13.3. The van der Waals surface area contributed by atoms with E-state index in [-0.39, 0.29) is 5.54 Å². The standard InChI is InChI=1S/C12H24N6/c1-12(2,3)13-8-10-6-5-7-18(9-10)11-14-15-16-17(11)4/h10,13H,5-9H2,1-4H3. The van der Waals surface area contributed by atoms with E-state index >= 15 is 0 Å². The summed E-state index contributed by atoms with van der Waals surface area (Å²) in [6.07, 6.45) is 2.49. The van der Waals surface area contributed by atoms with Crippen molar-refractivity contribution >= 4 is 5.95 Å². The van der Waals surface area contributed by atoms with Crippen LogP contribution in [0.5, 0.6) is 0 Å². The Hall–Kier alpha value is -1.17. The maximum Gasteiger partial charge on any atom is 0.245 e. The Bertz CT molecular complexity index is 380. The number of tetrazole rings is 1. The zero-order valence-corrected chi connectivity index (χ0v) is 11.8. The predicted octanol–water partition coefficient (Wildman–Crippen LogP) is 0.815. The Labute approximate surface area is 109 Å². The van der Waals surface area contributed by atoms with E-state index in [2.05, 4.69) is 46.5 Å². The maximum atomic E-state index is 4.09. The molecule has 0 amide bonds. The number of hydrogen-bond acceptors (Lipinski definition) is 5. The molecular formula is C12H24N6. The number of aryl methyl sites for hydroxylation is 1. The Morgan fingerprint density at radius 3 is 2.78 bits per heavy atom. The van der Waals surface area contributed by atoms with E-state index < -0.39 is 0 Å². The second-order valence-electron chi connectivity index (χ2n) is 6.19. The van der Waals surface area contributed by atoms with Crippen LogP contribution in [0.1, 0.15) is 33.6 Å². The van der Waals surface area contributed by atoms with Crippen LogP contribution >= 0.6 is 0 Å². The van der Waals surface area contributed by atoms with Crippen LogP contribution in [0.4, 0.5) is 5.95 Å². The van der Waals surface area contributed by atoms with Gasteiger partial charge < -0.3 is 10.2 Å². The van der Waals surface area contributed by atoms with E-state index in [1.165, 1.54) is 12.8 Å². The van der Waals surface area contributed by atoms with Crippen molar-refractivity contribution < 1.29 is 0 Å². The summed E-state index contributed by atoms with van der Waals surface area (Å²) in [5, 5.41) is 15.3. The average Bonchev–Trinajstić information content (AvgIpc) is 2.72. The van der Waals surface area contributed by atoms with Gasteiger partial charge in [-0.3, -0.25) is 0 Å². The summed E-state index contributed by atoms with van der Waals surface area (Å²) in [5.41, 5.74) is 0.189. The molecule has 0 aliphatic carbocycles. The Balaban J connectivity index is 1.91. The van der Waals surface area contributed by atoms with Crippen molar-refractivity contribution in [2.24, 2.45) is 13.0 Å². The van der Waals surface area contributed by atoms with Crippen molar-refractivity contribution in [3.8, 4) is 0 Å². The van der Waals surface area contributed by atoms with Crippen molar-refractivity contribution in [1.82, 2.24) is 25.5 Å². The molecule has 1 aliphatic rings. The van der Waals surface area contributed by atoms with Crippen LogP contribution in [0.15, 0.2) is 0 Å². The van der Waals surface area contributed by atoms with E-state index in [9.17, 15) is 0 Å². The fourth-order valence-corrected chi connectivity index (χ4v) is 2.36. The molecule has 0 spiro atoms. The summed E-state index contributed by atoms with van der Waals surface area (Å²) >= 11 is 0. The van der Waals surface area contributed by atoms with Gasteiger partial charge in [0.05, 0.1) is 0 Å². The van der Waals surface area contributed by atoms with Gasteiger partial charge in [-0.2, -0.15) is 0 Å². The van der Waals surface area contributed by atoms with Gasteiger partial charge in [0.25, 0.3) is 0 Å². The highest BCUT2D eigenvalue weighted by atomic mass is 15.6. The van der Waals surface area contributed by atoms with Gasteiger partial charge in [-0.1, -0.05) is 5.10 Å². The molecule has 0 aromatic carbocycles. The lowest BCUT2D eigenvalue weighted by Crippen LogP contribution is -2.45. The number of anilines is 1. The molecule has 1 unspecified atom stereocenters. The third-order valence-electron chi connectivity index (χ3n) is 3.32. The SMILES string of the molecule is Cn1nnnc1N1CCCC(CNC(C)(C)C)C1. The second kappa shape index (κ2) is 5.22. The van der Waals surface area contributed by atoms with Crippen LogP contribution in [-0.4, -0.2) is 45.4 Å². The number of nitrogens with zero attached hydrogens (tertiary/aromatic N) is 5. The normalized spacial score (nSPS) is 21.3. The van der Waals surface area contributed by atoms with Gasteiger partial charge in [0.1, 0.15) is 0 Å². The lowest BCUT2D eigenvalue weighted by Gasteiger charge is -2.34. The highest BCUT2D eigenvalue weighted by Gasteiger charge is 2.24. The minimum Gasteiger partial charge on any atom is -0.339 e. The van der Waals surface area contributed by atoms with Crippen molar-refractivity contribution in [3.05, 3.63) is 0 Å². The van der Waals surface area contributed by atoms with Crippen LogP contribution in [0, 0.1) is 5.92 Å². The van der Waals surface area contributed by atoms with Gasteiger partial charge in [-0.25, -0.2) is 4.68 Å². The van der Waals surface area contributed by atoms with Crippen molar-refractivity contribution in [1.29, 1.82) is 0 Å². The second-order valence-corrected chi connectivity index (χ2v) is 6.19. The topological polar surface area (TPSA) is 58.9 Å². The highest BCUT2D eigenvalue weighted by molar-refractivity contribution is 5.28. The van der Waals surface area contributed by atoms with E-state index in [0.29, 0.717) is 5.92 Å². The molecule has 0 bridgehead atoms. The number of nitrogens with one attached hydrogen (secondary N) is 1. The molecule has 1 aromatic heterocycles. The van der Waals surface area contributed by atoms with Gasteiger partial charge in [-0.15, -0.1) is 0 Å². The first-order valence-corrected chi connectivity index (χ1v) is 6.68. The fraction of sp³-hybridized carbons (Fsp3) is 0.917. The molecule has 102 valence electrons. The lowest BCUT2D eigenvalue weighted by atomic mass is 9.97. The van der Waals surface area contributed by atoms with E-state index in [0.717, 1.165) is 25.6 Å². The van der Waals surface area contributed by atoms with Crippen molar-refractivity contribution in [3.63, 3.8) is 0 Å². The molecule has 2 heterocycles. The number of piperidine rings is 1. The fourth-order valence-electron chi connectivity index (χ4n) is 2.36. The molecule has 1 aliphatic heterocycles. The molecule has 6 nitrogen and oxygen atoms in total. The monoisotopic (exact) mass is 252 g/mol. The van der Waals surface area contributed by atoms with Gasteiger partial charge in [0.15, 0.2) is 0 Å². The molecule has 1 fully saturated rings. The largest absolute Gasteiger partial charge is 0.339 e. The quantitative estimate of drug-likeness (QED) is 0.863. The van der Waals surface area contributed by atoms with Crippen molar-refractivity contribution in [2.75, 3.05) is 24.5 Å². The molecule has 1 saturated heterocycles. The van der Waals surface area contributed by atoms with Gasteiger partial charge in [0, 0.05) is 32.2 Å². The van der Waals surface area contributed by atoms with E-state index in [1.807, 2.05) is 7.05 Å². The Morgan fingerprint density at radius 2 is 2.17 bits per heavy atom. The van der Waals surface area contributed by atoms with E-state index in [1.54, 1.807) is 4.68 Å². The molecule has 1 aromatic rings. The first-order chi connectivity index (χ1) is 8.46. The molecular weight excluding hydrogens is 228 g/mol. The molecule has 1 atom stereocenters. The number of aromatic nitrogens is 4. The molecule has 0 radical (unpaired) electrons. The van der Waals surface area contributed by atoms with E-state index in [4.69, 9.17) is 0 Å². The summed E-state index contributed by atoms with van der Waals surface area (Å²) in [7, 11) is 1.90. The van der Waals surface area contributed by atoms with Gasteiger partial charge in [0.2, 0.25) is 5.95 Å². The smallest absolute Gasteiger partial charge is 0.245 e. The Morgan fingerprint density at radius 1 is 1.39 bits per heavy atom. The Kier molecular flexibility index (Phi) is 3.85. The lowest BCUT2D eigenvalue weighted by molar-refractivity contribution is 0.333. The van der Waals surface area contributed by atoms with Crippen LogP contribution in [0.2, 0.25) is 0 Å². The zero-order chi connectivity index (χ0) is 13.2. The minimum absolute atomic E-state index is 0.189. The van der Waals surface area contributed by atoms with Crippen LogP contribution in [-0.2, 0) is 7.05 Å². The summed E-state index contributed by atoms with van der Waals surface area (Å²) in [6, 6.07) is 0. The minimum atomic E-state index is 0.189. The third-order valence-corrected chi connectivity index (χ3v) is 3.32. The van der Waals surface area contributed by atoms with Crippen molar-refractivity contribution in [2.45, 2.75) is 39.2 Å². The molecule has 6 heteroatoms. The summed E-state index contributed by atoms with van der Waals surface area (Å²) < 4.78 is 1.75. The van der Waals surface area contributed by atoms with Crippen LogP contribution < -0.4 is 10.2 Å². The third kappa shape index (κ3) is 3.41. The van der Waals surface area contributed by atoms with Crippen LogP contribution in [0.3, 0.4) is 0 Å². The zero-order valence-electron chi connectivity index (χ0n) is 11.8. The highest BCUT2D eigenvalue weighted by Crippen LogP contribution is 2.20. The molecule has 1 N–H and O–H groups in total. The number of hydrogen-bond donors (Lipinski definition) is 1. The summed E-state index contributed by atoms with van der Waals surface area (Å²) in [5.74, 6) is 1.56. The summed E-state index contributed by atoms with van der Waals surface area (Å²) in [6.45, 7) is 9.78. The maximum absolute atomic E-state index is 4.09. The van der Waals surface area contributed by atoms with Gasteiger partial charge in [-0.05, 0) is 50.0 Å². The average molecular weight is 252 g/mol.